The van der Waals surface area contributed by atoms with E-state index in [-0.39, 0.29) is 11.7 Å². The van der Waals surface area contributed by atoms with Gasteiger partial charge in [-0.25, -0.2) is 0 Å². The Balaban J connectivity index is 1.80. The van der Waals surface area contributed by atoms with Gasteiger partial charge in [0.2, 0.25) is 5.91 Å². The van der Waals surface area contributed by atoms with Gasteiger partial charge in [-0.15, -0.1) is 0 Å². The van der Waals surface area contributed by atoms with Crippen LogP contribution in [-0.2, 0) is 24.2 Å². The van der Waals surface area contributed by atoms with E-state index in [0.29, 0.717) is 17.1 Å². The number of rotatable bonds is 2. The Kier molecular flexibility index (Phi) is 5.25. The summed E-state index contributed by atoms with van der Waals surface area (Å²) in [6.07, 6.45) is 1.69. The van der Waals surface area contributed by atoms with E-state index in [1.807, 2.05) is 47.4 Å². The number of hydrogen-bond acceptors (Lipinski definition) is 2. The molecule has 3 aromatic carbocycles. The molecule has 146 valence electrons. The third-order valence-corrected chi connectivity index (χ3v) is 5.76. The molecule has 3 aromatic rings. The normalized spacial score (nSPS) is 13.1. The van der Waals surface area contributed by atoms with Crippen molar-refractivity contribution in [1.82, 2.24) is 0 Å². The highest BCUT2D eigenvalue weighted by Gasteiger charge is 2.21. The first-order valence-electron chi connectivity index (χ1n) is 9.72. The average molecular weight is 404 g/mol. The van der Waals surface area contributed by atoms with Gasteiger partial charge in [-0.2, -0.15) is 0 Å². The van der Waals surface area contributed by atoms with Crippen LogP contribution in [0.2, 0.25) is 5.02 Å². The molecule has 1 aliphatic heterocycles. The van der Waals surface area contributed by atoms with E-state index in [0.717, 1.165) is 40.8 Å². The Hall–Kier alpha value is -2.91. The lowest BCUT2D eigenvalue weighted by molar-refractivity contribution is -0.116. The first kappa shape index (κ1) is 19.4. The van der Waals surface area contributed by atoms with Crippen LogP contribution in [0, 0.1) is 0 Å². The van der Waals surface area contributed by atoms with Crippen molar-refractivity contribution >= 4 is 29.0 Å². The van der Waals surface area contributed by atoms with Gasteiger partial charge in [-0.3, -0.25) is 9.59 Å². The molecule has 0 aliphatic carbocycles. The Morgan fingerprint density at radius 2 is 1.62 bits per heavy atom. The Labute approximate surface area is 175 Å². The average Bonchev–Trinajstić information content (AvgIpc) is 2.69. The number of Topliss-reactive ketones (excluding diaryl/α,β-unsaturated/α-hetero) is 1. The van der Waals surface area contributed by atoms with Gasteiger partial charge in [-0.05, 0) is 71.8 Å². The highest BCUT2D eigenvalue weighted by molar-refractivity contribution is 6.30. The van der Waals surface area contributed by atoms with E-state index in [9.17, 15) is 9.59 Å². The van der Waals surface area contributed by atoms with Crippen LogP contribution in [-0.4, -0.2) is 11.7 Å². The fourth-order valence-corrected chi connectivity index (χ4v) is 4.24. The fraction of sp³-hybridized carbons (Fsp3) is 0.200. The number of ketones is 1. The second-order valence-electron chi connectivity index (χ2n) is 7.46. The van der Waals surface area contributed by atoms with Crippen LogP contribution < -0.4 is 4.90 Å². The topological polar surface area (TPSA) is 37.4 Å². The van der Waals surface area contributed by atoms with Gasteiger partial charge in [0.05, 0.1) is 6.54 Å². The molecule has 1 aliphatic rings. The number of carbonyl (C=O) groups excluding carboxylic acids is 2. The van der Waals surface area contributed by atoms with Crippen LogP contribution in [0.4, 0.5) is 5.69 Å². The highest BCUT2D eigenvalue weighted by atomic mass is 35.5. The van der Waals surface area contributed by atoms with Crippen molar-refractivity contribution in [1.29, 1.82) is 0 Å². The molecule has 1 amide bonds. The summed E-state index contributed by atoms with van der Waals surface area (Å²) in [6.45, 7) is 3.68. The smallest absolute Gasteiger partial charge is 0.224 e. The van der Waals surface area contributed by atoms with Gasteiger partial charge in [0.15, 0.2) is 5.78 Å². The van der Waals surface area contributed by atoms with E-state index in [1.54, 1.807) is 13.8 Å². The fourth-order valence-electron chi connectivity index (χ4n) is 4.05. The van der Waals surface area contributed by atoms with Gasteiger partial charge < -0.3 is 4.90 Å². The molecular formula is C25H22ClNO2. The molecule has 3 nitrogen and oxygen atoms in total. The molecule has 0 unspecified atom stereocenters. The number of amides is 1. The predicted octanol–water partition coefficient (Wildman–Crippen LogP) is 5.86. The molecule has 4 rings (SSSR count). The third-order valence-electron chi connectivity index (χ3n) is 5.53. The molecule has 0 radical (unpaired) electrons. The molecule has 4 heteroatoms. The standard InChI is InChI=1S/C25H22ClNO2/c1-16(28)23-5-3-4-6-24(23)19-9-7-18-8-10-20-14-22(26)11-12-25(20)27(17(2)29)15-21(18)13-19/h3-7,9,11-14H,8,10,15H2,1-2H3. The summed E-state index contributed by atoms with van der Waals surface area (Å²) in [5.41, 5.74) is 6.96. The molecular weight excluding hydrogens is 382 g/mol. The monoisotopic (exact) mass is 403 g/mol. The highest BCUT2D eigenvalue weighted by Crippen LogP contribution is 2.33. The first-order chi connectivity index (χ1) is 13.9. The van der Waals surface area contributed by atoms with Gasteiger partial charge in [0, 0.05) is 23.2 Å². The van der Waals surface area contributed by atoms with Crippen molar-refractivity contribution < 1.29 is 9.59 Å². The number of anilines is 1. The molecule has 0 aromatic heterocycles. The molecule has 0 N–H and O–H groups in total. The molecule has 1 heterocycles. The Bertz CT molecular complexity index is 1120. The summed E-state index contributed by atoms with van der Waals surface area (Å²) in [7, 11) is 0. The maximum Gasteiger partial charge on any atom is 0.224 e. The number of nitrogens with zero attached hydrogens (tertiary/aromatic N) is 1. The number of carbonyl (C=O) groups is 2. The van der Waals surface area contributed by atoms with Crippen LogP contribution in [0.15, 0.2) is 60.7 Å². The lowest BCUT2D eigenvalue weighted by Crippen LogP contribution is -2.30. The lowest BCUT2D eigenvalue weighted by Gasteiger charge is -2.28. The molecule has 0 fully saturated rings. The zero-order valence-electron chi connectivity index (χ0n) is 16.5. The molecule has 0 saturated carbocycles. The minimum absolute atomic E-state index is 0.00374. The Morgan fingerprint density at radius 3 is 2.38 bits per heavy atom. The molecule has 0 bridgehead atoms. The summed E-state index contributed by atoms with van der Waals surface area (Å²) in [6, 6.07) is 19.7. The number of hydrogen-bond donors (Lipinski definition) is 0. The molecule has 0 atom stereocenters. The predicted molar refractivity (Wildman–Crippen MR) is 118 cm³/mol. The quantitative estimate of drug-likeness (QED) is 0.502. The second-order valence-corrected chi connectivity index (χ2v) is 7.90. The SMILES string of the molecule is CC(=O)c1ccccc1-c1ccc2c(c1)CN(C(C)=O)c1ccc(Cl)cc1CC2. The summed E-state index contributed by atoms with van der Waals surface area (Å²) in [4.78, 5) is 26.3. The first-order valence-corrected chi connectivity index (χ1v) is 10.1. The number of aryl methyl sites for hydroxylation is 2. The summed E-state index contributed by atoms with van der Waals surface area (Å²) in [5.74, 6) is 0.0412. The van der Waals surface area contributed by atoms with E-state index < -0.39 is 0 Å². The summed E-state index contributed by atoms with van der Waals surface area (Å²) >= 11 is 6.20. The maximum atomic E-state index is 12.5. The zero-order valence-corrected chi connectivity index (χ0v) is 17.3. The third kappa shape index (κ3) is 3.83. The van der Waals surface area contributed by atoms with E-state index in [1.165, 1.54) is 5.56 Å². The van der Waals surface area contributed by atoms with Gasteiger partial charge in [0.1, 0.15) is 0 Å². The van der Waals surface area contributed by atoms with Crippen LogP contribution in [0.25, 0.3) is 11.1 Å². The van der Waals surface area contributed by atoms with Crippen molar-refractivity contribution in [3.05, 3.63) is 87.9 Å². The van der Waals surface area contributed by atoms with Crippen molar-refractivity contribution in [3.63, 3.8) is 0 Å². The van der Waals surface area contributed by atoms with Crippen molar-refractivity contribution in [3.8, 4) is 11.1 Å². The van der Waals surface area contributed by atoms with Crippen LogP contribution in [0.1, 0.15) is 40.9 Å². The minimum Gasteiger partial charge on any atom is -0.308 e. The second kappa shape index (κ2) is 7.84. The van der Waals surface area contributed by atoms with E-state index in [2.05, 4.69) is 18.2 Å². The van der Waals surface area contributed by atoms with Crippen molar-refractivity contribution in [2.24, 2.45) is 0 Å². The summed E-state index contributed by atoms with van der Waals surface area (Å²) in [5, 5.41) is 0.684. The number of halogens is 1. The summed E-state index contributed by atoms with van der Waals surface area (Å²) < 4.78 is 0. The number of benzene rings is 3. The maximum absolute atomic E-state index is 12.5. The van der Waals surface area contributed by atoms with Crippen LogP contribution in [0.3, 0.4) is 0 Å². The largest absolute Gasteiger partial charge is 0.308 e. The van der Waals surface area contributed by atoms with Crippen molar-refractivity contribution in [2.75, 3.05) is 4.90 Å². The van der Waals surface area contributed by atoms with Gasteiger partial charge >= 0.3 is 0 Å². The van der Waals surface area contributed by atoms with Gasteiger partial charge in [0.25, 0.3) is 0 Å². The van der Waals surface area contributed by atoms with Crippen molar-refractivity contribution in [2.45, 2.75) is 33.2 Å². The van der Waals surface area contributed by atoms with Crippen LogP contribution in [0.5, 0.6) is 0 Å². The lowest BCUT2D eigenvalue weighted by atomic mass is 9.91. The van der Waals surface area contributed by atoms with E-state index in [4.69, 9.17) is 11.6 Å². The molecule has 0 spiro atoms. The van der Waals surface area contributed by atoms with Crippen LogP contribution >= 0.6 is 11.6 Å². The minimum atomic E-state index is -0.00374. The zero-order chi connectivity index (χ0) is 20.5. The molecule has 29 heavy (non-hydrogen) atoms. The molecule has 0 saturated heterocycles. The number of fused-ring (bicyclic) bond motifs is 2. The van der Waals surface area contributed by atoms with E-state index >= 15 is 0 Å². The Morgan fingerprint density at radius 1 is 0.862 bits per heavy atom. The van der Waals surface area contributed by atoms with Gasteiger partial charge in [-0.1, -0.05) is 48.0 Å².